The molecule has 0 spiro atoms. The zero-order valence-electron chi connectivity index (χ0n) is 20.3. The van der Waals surface area contributed by atoms with Crippen LogP contribution in [-0.4, -0.2) is 36.7 Å². The molecule has 6 nitrogen and oxygen atoms in total. The highest BCUT2D eigenvalue weighted by molar-refractivity contribution is 8.18. The van der Waals surface area contributed by atoms with Gasteiger partial charge in [-0.25, -0.2) is 4.99 Å². The average molecular weight is 578 g/mol. The van der Waals surface area contributed by atoms with Crippen LogP contribution in [0.15, 0.2) is 64.5 Å². The van der Waals surface area contributed by atoms with Crippen LogP contribution in [0.25, 0.3) is 6.08 Å². The normalized spacial score (nSPS) is 15.5. The van der Waals surface area contributed by atoms with Crippen molar-refractivity contribution in [2.45, 2.75) is 13.5 Å². The van der Waals surface area contributed by atoms with Gasteiger partial charge >= 0.3 is 0 Å². The molecular weight excluding hydrogens is 555 g/mol. The second-order valence-corrected chi connectivity index (χ2v) is 10.1. The number of hydrogen-bond acceptors (Lipinski definition) is 6. The third-order valence-corrected chi connectivity index (χ3v) is 7.44. The SMILES string of the molecule is CCN1C(=O)/C(=C\c2cc(Cl)c(OCc3ccc(Cl)c(Cl)c3)c(OC)c2)SC1=Nc1ccc(OC)cc1. The molecule has 0 N–H and O–H groups in total. The van der Waals surface area contributed by atoms with E-state index in [1.807, 2.05) is 37.3 Å². The van der Waals surface area contributed by atoms with Crippen LogP contribution in [-0.2, 0) is 11.4 Å². The van der Waals surface area contributed by atoms with E-state index in [0.717, 1.165) is 17.0 Å². The molecule has 0 aromatic heterocycles. The number of methoxy groups -OCH3 is 2. The van der Waals surface area contributed by atoms with Crippen molar-refractivity contribution in [3.63, 3.8) is 0 Å². The number of benzene rings is 3. The van der Waals surface area contributed by atoms with Gasteiger partial charge in [0.15, 0.2) is 16.7 Å². The number of rotatable bonds is 8. The van der Waals surface area contributed by atoms with Crippen molar-refractivity contribution in [1.29, 1.82) is 0 Å². The van der Waals surface area contributed by atoms with Crippen LogP contribution in [0.3, 0.4) is 0 Å². The fourth-order valence-electron chi connectivity index (χ4n) is 3.54. The maximum Gasteiger partial charge on any atom is 0.266 e. The van der Waals surface area contributed by atoms with E-state index in [1.54, 1.807) is 42.4 Å². The zero-order valence-corrected chi connectivity index (χ0v) is 23.3. The minimum absolute atomic E-state index is 0.130. The van der Waals surface area contributed by atoms with E-state index in [2.05, 4.69) is 4.99 Å². The lowest BCUT2D eigenvalue weighted by Crippen LogP contribution is -2.28. The van der Waals surface area contributed by atoms with Gasteiger partial charge in [-0.1, -0.05) is 40.9 Å². The van der Waals surface area contributed by atoms with Crippen LogP contribution in [0.1, 0.15) is 18.1 Å². The molecule has 0 aliphatic carbocycles. The number of amides is 1. The molecule has 1 heterocycles. The van der Waals surface area contributed by atoms with Crippen LogP contribution in [0.2, 0.25) is 15.1 Å². The second-order valence-electron chi connectivity index (χ2n) is 7.82. The molecule has 37 heavy (non-hydrogen) atoms. The van der Waals surface area contributed by atoms with Crippen molar-refractivity contribution in [2.75, 3.05) is 20.8 Å². The fourth-order valence-corrected chi connectivity index (χ4v) is 5.19. The van der Waals surface area contributed by atoms with Gasteiger partial charge in [-0.05, 0) is 84.4 Å². The van der Waals surface area contributed by atoms with Gasteiger partial charge in [-0.15, -0.1) is 0 Å². The maximum atomic E-state index is 13.1. The third-order valence-electron chi connectivity index (χ3n) is 5.42. The Labute approximate surface area is 234 Å². The molecule has 10 heteroatoms. The van der Waals surface area contributed by atoms with E-state index in [1.165, 1.54) is 18.9 Å². The van der Waals surface area contributed by atoms with E-state index in [0.29, 0.717) is 48.7 Å². The Kier molecular flexibility index (Phi) is 8.92. The Morgan fingerprint density at radius 1 is 0.946 bits per heavy atom. The summed E-state index contributed by atoms with van der Waals surface area (Å²) in [7, 11) is 3.14. The van der Waals surface area contributed by atoms with Gasteiger partial charge in [0.2, 0.25) is 0 Å². The molecule has 0 saturated carbocycles. The lowest BCUT2D eigenvalue weighted by molar-refractivity contribution is -0.122. The summed E-state index contributed by atoms with van der Waals surface area (Å²) in [5.41, 5.74) is 2.25. The summed E-state index contributed by atoms with van der Waals surface area (Å²) < 4.78 is 16.7. The molecule has 1 fully saturated rings. The lowest BCUT2D eigenvalue weighted by atomic mass is 10.1. The number of amidine groups is 1. The molecule has 0 atom stereocenters. The number of likely N-dealkylation sites (N-methyl/N-ethyl adjacent to an activating group) is 1. The molecule has 1 amide bonds. The van der Waals surface area contributed by atoms with Crippen LogP contribution < -0.4 is 14.2 Å². The fraction of sp³-hybridized carbons (Fsp3) is 0.185. The van der Waals surface area contributed by atoms with Crippen molar-refractivity contribution in [2.24, 2.45) is 4.99 Å². The molecule has 0 radical (unpaired) electrons. The summed E-state index contributed by atoms with van der Waals surface area (Å²) in [6.07, 6.45) is 1.77. The predicted octanol–water partition coefficient (Wildman–Crippen LogP) is 7.87. The number of hydrogen-bond donors (Lipinski definition) is 0. The maximum absolute atomic E-state index is 13.1. The summed E-state index contributed by atoms with van der Waals surface area (Å²) in [6.45, 7) is 2.62. The summed E-state index contributed by atoms with van der Waals surface area (Å²) in [4.78, 5) is 19.9. The van der Waals surface area contributed by atoms with Crippen LogP contribution in [0.5, 0.6) is 17.2 Å². The van der Waals surface area contributed by atoms with Crippen LogP contribution in [0.4, 0.5) is 5.69 Å². The Balaban J connectivity index is 1.57. The number of halogens is 3. The first-order valence-corrected chi connectivity index (χ1v) is 13.2. The van der Waals surface area contributed by atoms with E-state index < -0.39 is 0 Å². The molecule has 192 valence electrons. The first-order chi connectivity index (χ1) is 17.8. The van der Waals surface area contributed by atoms with Gasteiger partial charge in [0.25, 0.3) is 5.91 Å². The van der Waals surface area contributed by atoms with Gasteiger partial charge in [-0.2, -0.15) is 0 Å². The molecule has 1 saturated heterocycles. The van der Waals surface area contributed by atoms with E-state index >= 15 is 0 Å². The molecule has 4 rings (SSSR count). The van der Waals surface area contributed by atoms with Crippen molar-refractivity contribution < 1.29 is 19.0 Å². The Morgan fingerprint density at radius 3 is 2.35 bits per heavy atom. The Hall–Kier alpha value is -2.84. The third kappa shape index (κ3) is 6.36. The monoisotopic (exact) mass is 576 g/mol. The summed E-state index contributed by atoms with van der Waals surface area (Å²) in [6, 6.07) is 16.1. The van der Waals surface area contributed by atoms with Crippen molar-refractivity contribution in [1.82, 2.24) is 4.90 Å². The number of ether oxygens (including phenoxy) is 3. The number of carbonyl (C=O) groups is 1. The molecule has 3 aromatic rings. The minimum atomic E-state index is -0.130. The van der Waals surface area contributed by atoms with Crippen LogP contribution in [0, 0.1) is 0 Å². The van der Waals surface area contributed by atoms with E-state index in [-0.39, 0.29) is 12.5 Å². The highest BCUT2D eigenvalue weighted by Gasteiger charge is 2.32. The molecule has 0 unspecified atom stereocenters. The Morgan fingerprint density at radius 2 is 1.70 bits per heavy atom. The van der Waals surface area contributed by atoms with Gasteiger partial charge < -0.3 is 14.2 Å². The van der Waals surface area contributed by atoms with Gasteiger partial charge in [0.05, 0.1) is 39.9 Å². The number of carbonyl (C=O) groups excluding carboxylic acids is 1. The quantitative estimate of drug-likeness (QED) is 0.255. The summed E-state index contributed by atoms with van der Waals surface area (Å²) in [5.74, 6) is 1.44. The number of aliphatic imine (C=N–C) groups is 1. The Bertz CT molecular complexity index is 1380. The van der Waals surface area contributed by atoms with Crippen molar-refractivity contribution in [3.8, 4) is 17.2 Å². The summed E-state index contributed by atoms with van der Waals surface area (Å²) >= 11 is 19.9. The molecule has 3 aromatic carbocycles. The zero-order chi connectivity index (χ0) is 26.5. The van der Waals surface area contributed by atoms with Crippen LogP contribution >= 0.6 is 46.6 Å². The van der Waals surface area contributed by atoms with E-state index in [4.69, 9.17) is 49.0 Å². The van der Waals surface area contributed by atoms with Gasteiger partial charge in [-0.3, -0.25) is 9.69 Å². The first-order valence-electron chi connectivity index (χ1n) is 11.2. The molecular formula is C27H23Cl3N2O4S. The minimum Gasteiger partial charge on any atom is -0.497 e. The highest BCUT2D eigenvalue weighted by Crippen LogP contribution is 2.40. The number of thioether (sulfide) groups is 1. The largest absolute Gasteiger partial charge is 0.497 e. The van der Waals surface area contributed by atoms with Crippen molar-refractivity contribution >= 4 is 69.4 Å². The van der Waals surface area contributed by atoms with Gasteiger partial charge in [0.1, 0.15) is 12.4 Å². The smallest absolute Gasteiger partial charge is 0.266 e. The highest BCUT2D eigenvalue weighted by atomic mass is 35.5. The topological polar surface area (TPSA) is 60.4 Å². The second kappa shape index (κ2) is 12.1. The predicted molar refractivity (Wildman–Crippen MR) is 152 cm³/mol. The standard InChI is InChI=1S/C27H23Cl3N2O4S/c1-4-32-26(33)24(37-27(32)31-18-6-8-19(34-2)9-7-18)14-17-12-22(30)25(23(13-17)35-3)36-15-16-5-10-20(28)21(29)11-16/h5-14H,4,15H2,1-3H3/b24-14+,31-27?. The lowest BCUT2D eigenvalue weighted by Gasteiger charge is -2.14. The number of nitrogens with zero attached hydrogens (tertiary/aromatic N) is 2. The average Bonchev–Trinajstić information content (AvgIpc) is 3.18. The van der Waals surface area contributed by atoms with E-state index in [9.17, 15) is 4.79 Å². The van der Waals surface area contributed by atoms with Gasteiger partial charge in [0, 0.05) is 6.54 Å². The summed E-state index contributed by atoms with van der Waals surface area (Å²) in [5, 5.41) is 1.86. The first kappa shape index (κ1) is 27.2. The molecule has 0 bridgehead atoms. The molecule has 1 aliphatic heterocycles. The van der Waals surface area contributed by atoms with Crippen molar-refractivity contribution in [3.05, 3.63) is 85.7 Å². The molecule has 1 aliphatic rings.